The molecule has 3 rings (SSSR count). The second kappa shape index (κ2) is 7.36. The van der Waals surface area contributed by atoms with Crippen molar-refractivity contribution in [2.45, 2.75) is 43.5 Å². The van der Waals surface area contributed by atoms with E-state index >= 15 is 0 Å². The summed E-state index contributed by atoms with van der Waals surface area (Å²) < 4.78 is 26.9. The minimum Gasteiger partial charge on any atom is -0.481 e. The Bertz CT molecular complexity index is 784. The number of amides is 1. The molecule has 1 unspecified atom stereocenters. The van der Waals surface area contributed by atoms with Gasteiger partial charge in [-0.3, -0.25) is 9.59 Å². The van der Waals surface area contributed by atoms with Crippen LogP contribution in [0, 0.1) is 11.8 Å². The quantitative estimate of drug-likeness (QED) is 0.809. The lowest BCUT2D eigenvalue weighted by molar-refractivity contribution is -0.145. The summed E-state index contributed by atoms with van der Waals surface area (Å²) in [6.45, 7) is 3.10. The number of carbonyl (C=O) groups is 2. The molecule has 1 saturated carbocycles. The lowest BCUT2D eigenvalue weighted by Crippen LogP contribution is -2.46. The Morgan fingerprint density at radius 2 is 1.85 bits per heavy atom. The number of sulfonamides is 1. The zero-order valence-electron chi connectivity index (χ0n) is 14.7. The highest BCUT2D eigenvalue weighted by Crippen LogP contribution is 2.28. The molecule has 26 heavy (non-hydrogen) atoms. The lowest BCUT2D eigenvalue weighted by atomic mass is 9.80. The Morgan fingerprint density at radius 1 is 1.19 bits per heavy atom. The Labute approximate surface area is 153 Å². The maximum atomic E-state index is 12.7. The molecule has 0 aromatic heterocycles. The number of rotatable bonds is 5. The number of carboxylic acids is 1. The number of carbonyl (C=O) groups excluding carboxylic acids is 1. The molecule has 2 aliphatic rings. The van der Waals surface area contributed by atoms with E-state index < -0.39 is 16.0 Å². The fourth-order valence-electron chi connectivity index (χ4n) is 3.50. The van der Waals surface area contributed by atoms with Crippen molar-refractivity contribution in [2.75, 3.05) is 13.1 Å². The van der Waals surface area contributed by atoms with E-state index in [9.17, 15) is 18.0 Å². The van der Waals surface area contributed by atoms with E-state index in [-0.39, 0.29) is 22.8 Å². The van der Waals surface area contributed by atoms with Crippen LogP contribution in [0.2, 0.25) is 0 Å². The van der Waals surface area contributed by atoms with Gasteiger partial charge in [-0.25, -0.2) is 8.42 Å². The van der Waals surface area contributed by atoms with Crippen LogP contribution in [0.1, 0.15) is 43.0 Å². The minimum absolute atomic E-state index is 0.137. The summed E-state index contributed by atoms with van der Waals surface area (Å²) in [7, 11) is -3.53. The number of nitrogens with one attached hydrogen (secondary N) is 1. The number of hydrogen-bond donors (Lipinski definition) is 2. The fourth-order valence-corrected chi connectivity index (χ4v) is 5.10. The van der Waals surface area contributed by atoms with E-state index in [4.69, 9.17) is 5.11 Å². The first kappa shape index (κ1) is 18.8. The third-order valence-electron chi connectivity index (χ3n) is 5.20. The van der Waals surface area contributed by atoms with Crippen molar-refractivity contribution in [3.8, 4) is 0 Å². The molecule has 142 valence electrons. The smallest absolute Gasteiger partial charge is 0.306 e. The van der Waals surface area contributed by atoms with Crippen LogP contribution < -0.4 is 5.32 Å². The topological polar surface area (TPSA) is 104 Å². The van der Waals surface area contributed by atoms with Crippen LogP contribution in [0.4, 0.5) is 0 Å². The van der Waals surface area contributed by atoms with Crippen molar-refractivity contribution in [2.24, 2.45) is 11.8 Å². The van der Waals surface area contributed by atoms with E-state index in [0.29, 0.717) is 37.4 Å². The van der Waals surface area contributed by atoms with Crippen LogP contribution >= 0.6 is 0 Å². The predicted molar refractivity (Wildman–Crippen MR) is 95.2 cm³/mol. The summed E-state index contributed by atoms with van der Waals surface area (Å²) in [6.07, 6.45) is 2.76. The molecule has 0 bridgehead atoms. The monoisotopic (exact) mass is 380 g/mol. The summed E-state index contributed by atoms with van der Waals surface area (Å²) >= 11 is 0. The van der Waals surface area contributed by atoms with Gasteiger partial charge in [-0.1, -0.05) is 6.92 Å². The number of benzene rings is 1. The Morgan fingerprint density at radius 3 is 2.42 bits per heavy atom. The maximum absolute atomic E-state index is 12.7. The van der Waals surface area contributed by atoms with E-state index in [1.165, 1.54) is 28.6 Å². The standard InChI is InChI=1S/C18H24N2O5S/c1-12-3-2-8-20(11-12)26(24,25)16-6-4-13(5-7-16)17(21)19-15-9-14(10-15)18(22)23/h4-7,12,14-15H,2-3,8-11H2,1H3,(H,19,21)(H,22,23). The van der Waals surface area contributed by atoms with E-state index in [2.05, 4.69) is 5.32 Å². The second-order valence-corrected chi connectivity index (χ2v) is 9.25. The lowest BCUT2D eigenvalue weighted by Gasteiger charge is -2.32. The molecule has 2 N–H and O–H groups in total. The van der Waals surface area contributed by atoms with Gasteiger partial charge >= 0.3 is 5.97 Å². The van der Waals surface area contributed by atoms with Crippen LogP contribution in [0.25, 0.3) is 0 Å². The van der Waals surface area contributed by atoms with Gasteiger partial charge in [-0.05, 0) is 55.9 Å². The van der Waals surface area contributed by atoms with Crippen LogP contribution in [0.3, 0.4) is 0 Å². The highest BCUT2D eigenvalue weighted by atomic mass is 32.2. The van der Waals surface area contributed by atoms with Gasteiger partial charge < -0.3 is 10.4 Å². The van der Waals surface area contributed by atoms with Crippen LogP contribution in [-0.2, 0) is 14.8 Å². The zero-order valence-corrected chi connectivity index (χ0v) is 15.5. The van der Waals surface area contributed by atoms with Gasteiger partial charge in [0.25, 0.3) is 5.91 Å². The molecule has 1 aromatic carbocycles. The third kappa shape index (κ3) is 3.91. The largest absolute Gasteiger partial charge is 0.481 e. The third-order valence-corrected chi connectivity index (χ3v) is 7.08. The van der Waals surface area contributed by atoms with Crippen molar-refractivity contribution in [1.82, 2.24) is 9.62 Å². The Kier molecular flexibility index (Phi) is 5.34. The van der Waals surface area contributed by atoms with Crippen molar-refractivity contribution in [1.29, 1.82) is 0 Å². The molecule has 1 saturated heterocycles. The molecule has 1 amide bonds. The van der Waals surface area contributed by atoms with Crippen LogP contribution in [0.15, 0.2) is 29.2 Å². The number of aliphatic carboxylic acids is 1. The van der Waals surface area contributed by atoms with Crippen LogP contribution in [-0.4, -0.2) is 48.8 Å². The Hall–Kier alpha value is -1.93. The second-order valence-electron chi connectivity index (χ2n) is 7.31. The number of hydrogen-bond acceptors (Lipinski definition) is 4. The minimum atomic E-state index is -3.53. The van der Waals surface area contributed by atoms with E-state index in [1.807, 2.05) is 6.92 Å². The van der Waals surface area contributed by atoms with Crippen LogP contribution in [0.5, 0.6) is 0 Å². The summed E-state index contributed by atoms with van der Waals surface area (Å²) in [5.41, 5.74) is 0.370. The normalized spacial score (nSPS) is 26.7. The average molecular weight is 380 g/mol. The molecule has 0 spiro atoms. The van der Waals surface area contributed by atoms with Crippen molar-refractivity contribution in [3.05, 3.63) is 29.8 Å². The molecule has 1 aromatic rings. The number of nitrogens with zero attached hydrogens (tertiary/aromatic N) is 1. The van der Waals surface area contributed by atoms with Crippen molar-refractivity contribution < 1.29 is 23.1 Å². The summed E-state index contributed by atoms with van der Waals surface area (Å²) in [5, 5.41) is 11.6. The first-order valence-corrected chi connectivity index (χ1v) is 10.3. The molecule has 0 radical (unpaired) electrons. The summed E-state index contributed by atoms with van der Waals surface area (Å²) in [4.78, 5) is 23.2. The molecule has 1 aliphatic heterocycles. The van der Waals surface area contributed by atoms with Gasteiger partial charge in [0.2, 0.25) is 10.0 Å². The number of piperidine rings is 1. The predicted octanol–water partition coefficient (Wildman–Crippen LogP) is 1.70. The van der Waals surface area contributed by atoms with Gasteiger partial charge in [0, 0.05) is 24.7 Å². The molecular weight excluding hydrogens is 356 g/mol. The van der Waals surface area contributed by atoms with Crippen molar-refractivity contribution in [3.63, 3.8) is 0 Å². The van der Waals surface area contributed by atoms with Gasteiger partial charge in [-0.2, -0.15) is 4.31 Å². The van der Waals surface area contributed by atoms with Gasteiger partial charge in [-0.15, -0.1) is 0 Å². The zero-order chi connectivity index (χ0) is 18.9. The highest BCUT2D eigenvalue weighted by molar-refractivity contribution is 7.89. The fraction of sp³-hybridized carbons (Fsp3) is 0.556. The molecule has 8 heteroatoms. The Balaban J connectivity index is 1.63. The number of carboxylic acid groups (broad SMARTS) is 1. The first-order chi connectivity index (χ1) is 12.3. The van der Waals surface area contributed by atoms with E-state index in [1.54, 1.807) is 0 Å². The molecule has 1 heterocycles. The molecule has 2 fully saturated rings. The average Bonchev–Trinajstić information content (AvgIpc) is 2.57. The SMILES string of the molecule is CC1CCCN(S(=O)(=O)c2ccc(C(=O)NC3CC(C(=O)O)C3)cc2)C1. The van der Waals surface area contributed by atoms with Crippen molar-refractivity contribution >= 4 is 21.9 Å². The van der Waals surface area contributed by atoms with E-state index in [0.717, 1.165) is 12.8 Å². The van der Waals surface area contributed by atoms with Gasteiger partial charge in [0.1, 0.15) is 0 Å². The van der Waals surface area contributed by atoms with Gasteiger partial charge in [0.05, 0.1) is 10.8 Å². The molecule has 7 nitrogen and oxygen atoms in total. The first-order valence-electron chi connectivity index (χ1n) is 8.91. The maximum Gasteiger partial charge on any atom is 0.306 e. The summed E-state index contributed by atoms with van der Waals surface area (Å²) in [5.74, 6) is -1.19. The molecule has 1 aliphatic carbocycles. The van der Waals surface area contributed by atoms with Gasteiger partial charge in [0.15, 0.2) is 0 Å². The summed E-state index contributed by atoms with van der Waals surface area (Å²) in [6, 6.07) is 5.79. The molecule has 1 atom stereocenters. The molecular formula is C18H24N2O5S. The highest BCUT2D eigenvalue weighted by Gasteiger charge is 2.35.